The summed E-state index contributed by atoms with van der Waals surface area (Å²) in [5.74, 6) is 0.994. The molecule has 3 nitrogen and oxygen atoms in total. The highest BCUT2D eigenvalue weighted by Gasteiger charge is 1.99. The number of benzene rings is 1. The molecule has 0 aliphatic carbocycles. The number of hydrogen-bond acceptors (Lipinski definition) is 3. The molecule has 0 spiro atoms. The number of nitrogens with zero attached hydrogens (tertiary/aromatic N) is 1. The highest BCUT2D eigenvalue weighted by molar-refractivity contribution is 9.12. The molecular weight excluding hydrogens is 244 g/mol. The SMILES string of the molecule is CN=CC(Br)=C(N)Oc1ccccc1. The lowest BCUT2D eigenvalue weighted by molar-refractivity contribution is 0.420. The summed E-state index contributed by atoms with van der Waals surface area (Å²) in [6.45, 7) is 0. The fourth-order valence-corrected chi connectivity index (χ4v) is 1.13. The van der Waals surface area contributed by atoms with Crippen LogP contribution in [0.3, 0.4) is 0 Å². The van der Waals surface area contributed by atoms with Crippen molar-refractivity contribution in [2.75, 3.05) is 7.05 Å². The minimum Gasteiger partial charge on any atom is -0.440 e. The third-order valence-electron chi connectivity index (χ3n) is 1.45. The van der Waals surface area contributed by atoms with Crippen LogP contribution in [0.1, 0.15) is 0 Å². The number of nitrogens with two attached hydrogens (primary N) is 1. The van der Waals surface area contributed by atoms with Gasteiger partial charge in [0.15, 0.2) is 0 Å². The molecule has 0 heterocycles. The summed E-state index contributed by atoms with van der Waals surface area (Å²) < 4.78 is 5.98. The van der Waals surface area contributed by atoms with Crippen LogP contribution >= 0.6 is 15.9 Å². The Morgan fingerprint density at radius 2 is 2.07 bits per heavy atom. The molecule has 74 valence electrons. The van der Waals surface area contributed by atoms with E-state index in [1.165, 1.54) is 0 Å². The van der Waals surface area contributed by atoms with Crippen LogP contribution in [0, 0.1) is 0 Å². The van der Waals surface area contributed by atoms with E-state index in [1.54, 1.807) is 13.3 Å². The second-order valence-electron chi connectivity index (χ2n) is 2.51. The normalized spacial score (nSPS) is 12.7. The Balaban J connectivity index is 2.75. The number of allylic oxidation sites excluding steroid dienone is 1. The van der Waals surface area contributed by atoms with Crippen LogP contribution in [-0.2, 0) is 0 Å². The first-order chi connectivity index (χ1) is 6.74. The van der Waals surface area contributed by atoms with E-state index in [0.29, 0.717) is 16.1 Å². The molecule has 0 amide bonds. The minimum atomic E-state index is 0.293. The molecule has 0 radical (unpaired) electrons. The van der Waals surface area contributed by atoms with Gasteiger partial charge in [0.2, 0.25) is 5.88 Å². The zero-order valence-electron chi connectivity index (χ0n) is 7.77. The van der Waals surface area contributed by atoms with Crippen molar-refractivity contribution in [3.8, 4) is 5.75 Å². The van der Waals surface area contributed by atoms with Gasteiger partial charge >= 0.3 is 0 Å². The van der Waals surface area contributed by atoms with Gasteiger partial charge in [0.1, 0.15) is 5.75 Å². The summed E-state index contributed by atoms with van der Waals surface area (Å²) in [5, 5.41) is 0. The number of aliphatic imine (C=N–C) groups is 1. The summed E-state index contributed by atoms with van der Waals surface area (Å²) in [6.07, 6.45) is 1.58. The lowest BCUT2D eigenvalue weighted by atomic mass is 10.3. The van der Waals surface area contributed by atoms with Gasteiger partial charge in [-0.15, -0.1) is 0 Å². The predicted octanol–water partition coefficient (Wildman–Crippen LogP) is 2.29. The van der Waals surface area contributed by atoms with Gasteiger partial charge in [-0.1, -0.05) is 18.2 Å². The molecule has 0 fully saturated rings. The molecule has 1 aromatic carbocycles. The smallest absolute Gasteiger partial charge is 0.206 e. The van der Waals surface area contributed by atoms with E-state index in [-0.39, 0.29) is 0 Å². The molecule has 0 saturated carbocycles. The van der Waals surface area contributed by atoms with E-state index < -0.39 is 0 Å². The van der Waals surface area contributed by atoms with E-state index in [1.807, 2.05) is 30.3 Å². The Labute approximate surface area is 91.4 Å². The van der Waals surface area contributed by atoms with Gasteiger partial charge in [0, 0.05) is 13.3 Å². The van der Waals surface area contributed by atoms with Gasteiger partial charge in [-0.3, -0.25) is 4.99 Å². The van der Waals surface area contributed by atoms with Crippen molar-refractivity contribution in [1.29, 1.82) is 0 Å². The van der Waals surface area contributed by atoms with Crippen LogP contribution in [0.25, 0.3) is 0 Å². The lowest BCUT2D eigenvalue weighted by Crippen LogP contribution is -2.08. The quantitative estimate of drug-likeness (QED) is 0.665. The molecule has 4 heteroatoms. The van der Waals surface area contributed by atoms with E-state index in [9.17, 15) is 0 Å². The lowest BCUT2D eigenvalue weighted by Gasteiger charge is -2.05. The average molecular weight is 255 g/mol. The maximum atomic E-state index is 5.65. The van der Waals surface area contributed by atoms with Gasteiger partial charge in [0.05, 0.1) is 4.48 Å². The molecule has 14 heavy (non-hydrogen) atoms. The summed E-state index contributed by atoms with van der Waals surface area (Å²) in [6, 6.07) is 9.33. The van der Waals surface area contributed by atoms with E-state index in [2.05, 4.69) is 20.9 Å². The number of ether oxygens (including phenoxy) is 1. The van der Waals surface area contributed by atoms with Crippen molar-refractivity contribution in [3.63, 3.8) is 0 Å². The van der Waals surface area contributed by atoms with Crippen molar-refractivity contribution >= 4 is 22.1 Å². The maximum absolute atomic E-state index is 5.65. The summed E-state index contributed by atoms with van der Waals surface area (Å²) in [7, 11) is 1.66. The average Bonchev–Trinajstić information content (AvgIpc) is 2.19. The number of halogens is 1. The summed E-state index contributed by atoms with van der Waals surface area (Å²) in [5.41, 5.74) is 5.65. The van der Waals surface area contributed by atoms with Crippen molar-refractivity contribution in [2.45, 2.75) is 0 Å². The number of para-hydroxylation sites is 1. The molecule has 0 saturated heterocycles. The van der Waals surface area contributed by atoms with Crippen molar-refractivity contribution in [1.82, 2.24) is 0 Å². The summed E-state index contributed by atoms with van der Waals surface area (Å²) >= 11 is 3.24. The molecule has 0 unspecified atom stereocenters. The Kier molecular flexibility index (Phi) is 4.19. The Morgan fingerprint density at radius 1 is 1.43 bits per heavy atom. The third-order valence-corrected chi connectivity index (χ3v) is 2.04. The molecule has 2 N–H and O–H groups in total. The van der Waals surface area contributed by atoms with Crippen molar-refractivity contribution in [3.05, 3.63) is 40.7 Å². The van der Waals surface area contributed by atoms with E-state index in [4.69, 9.17) is 10.5 Å². The van der Waals surface area contributed by atoms with Gasteiger partial charge in [-0.25, -0.2) is 0 Å². The summed E-state index contributed by atoms with van der Waals surface area (Å²) in [4.78, 5) is 3.81. The van der Waals surface area contributed by atoms with Crippen LogP contribution in [0.15, 0.2) is 45.7 Å². The largest absolute Gasteiger partial charge is 0.440 e. The monoisotopic (exact) mass is 254 g/mol. The molecule has 1 rings (SSSR count). The van der Waals surface area contributed by atoms with Crippen LogP contribution in [0.5, 0.6) is 5.75 Å². The Hall–Kier alpha value is -1.29. The third kappa shape index (κ3) is 3.22. The molecular formula is C10H11BrN2O. The zero-order valence-corrected chi connectivity index (χ0v) is 9.36. The van der Waals surface area contributed by atoms with Crippen LogP contribution in [-0.4, -0.2) is 13.3 Å². The molecule has 0 aliphatic heterocycles. The molecule has 1 aromatic rings. The van der Waals surface area contributed by atoms with E-state index >= 15 is 0 Å². The van der Waals surface area contributed by atoms with Crippen molar-refractivity contribution in [2.24, 2.45) is 10.7 Å². The van der Waals surface area contributed by atoms with Gasteiger partial charge in [0.25, 0.3) is 0 Å². The van der Waals surface area contributed by atoms with Gasteiger partial charge in [-0.2, -0.15) is 0 Å². The second kappa shape index (κ2) is 5.44. The number of hydrogen-bond donors (Lipinski definition) is 1. The molecule has 0 atom stereocenters. The first-order valence-electron chi connectivity index (χ1n) is 4.04. The first-order valence-corrected chi connectivity index (χ1v) is 4.83. The predicted molar refractivity (Wildman–Crippen MR) is 61.6 cm³/mol. The fourth-order valence-electron chi connectivity index (χ4n) is 0.841. The standard InChI is InChI=1S/C10H11BrN2O/c1-13-7-9(11)10(12)14-8-5-3-2-4-6-8/h2-7H,12H2,1H3. The minimum absolute atomic E-state index is 0.293. The zero-order chi connectivity index (χ0) is 10.4. The van der Waals surface area contributed by atoms with Crippen molar-refractivity contribution < 1.29 is 4.74 Å². The second-order valence-corrected chi connectivity index (χ2v) is 3.37. The highest BCUT2D eigenvalue weighted by Crippen LogP contribution is 2.14. The molecule has 0 bridgehead atoms. The Morgan fingerprint density at radius 3 is 2.64 bits per heavy atom. The number of rotatable bonds is 3. The van der Waals surface area contributed by atoms with Gasteiger partial charge < -0.3 is 10.5 Å². The topological polar surface area (TPSA) is 47.6 Å². The highest BCUT2D eigenvalue weighted by atomic mass is 79.9. The van der Waals surface area contributed by atoms with E-state index in [0.717, 1.165) is 0 Å². The van der Waals surface area contributed by atoms with Crippen LogP contribution in [0.2, 0.25) is 0 Å². The van der Waals surface area contributed by atoms with Gasteiger partial charge in [-0.05, 0) is 28.1 Å². The first kappa shape index (κ1) is 10.8. The van der Waals surface area contributed by atoms with Crippen LogP contribution in [0.4, 0.5) is 0 Å². The molecule has 0 aromatic heterocycles. The molecule has 0 aliphatic rings. The maximum Gasteiger partial charge on any atom is 0.206 e. The fraction of sp³-hybridized carbons (Fsp3) is 0.100. The van der Waals surface area contributed by atoms with Crippen LogP contribution < -0.4 is 10.5 Å². The Bertz CT molecular complexity index is 346.